The molecule has 0 bridgehead atoms. The van der Waals surface area contributed by atoms with E-state index >= 15 is 0 Å². The first-order valence-electron chi connectivity index (χ1n) is 12.6. The second kappa shape index (κ2) is 12.4. The van der Waals surface area contributed by atoms with Crippen LogP contribution in [0.5, 0.6) is 11.5 Å². The second-order valence-electron chi connectivity index (χ2n) is 9.31. The van der Waals surface area contributed by atoms with Crippen molar-refractivity contribution in [3.05, 3.63) is 60.2 Å². The number of carbonyl (C=O) groups is 3. The molecule has 0 saturated carbocycles. The number of nitrogens with zero attached hydrogens (tertiary/aromatic N) is 2. The number of rotatable bonds is 9. The Hall–Kier alpha value is -3.85. The Labute approximate surface area is 217 Å². The SMILES string of the molecule is COc1ccc(C=CC(=O)N2CC[NH+](CCNC(=O)C3CC(=O)N(c4ccccc4)C3)CC2)cc1OC. The maximum atomic E-state index is 12.6. The van der Waals surface area contributed by atoms with Crippen molar-refractivity contribution < 1.29 is 28.8 Å². The van der Waals surface area contributed by atoms with Crippen molar-refractivity contribution in [2.45, 2.75) is 6.42 Å². The molecular weight excluding hydrogens is 472 g/mol. The fraction of sp³-hybridized carbons (Fsp3) is 0.393. The molecule has 0 aromatic heterocycles. The molecule has 37 heavy (non-hydrogen) atoms. The van der Waals surface area contributed by atoms with E-state index in [1.165, 1.54) is 4.90 Å². The van der Waals surface area contributed by atoms with Crippen molar-refractivity contribution in [3.8, 4) is 11.5 Å². The van der Waals surface area contributed by atoms with Crippen LogP contribution in [0.3, 0.4) is 0 Å². The van der Waals surface area contributed by atoms with Gasteiger partial charge in [-0.1, -0.05) is 24.3 Å². The van der Waals surface area contributed by atoms with E-state index in [1.54, 1.807) is 31.3 Å². The fourth-order valence-corrected chi connectivity index (χ4v) is 4.77. The highest BCUT2D eigenvalue weighted by atomic mass is 16.5. The Morgan fingerprint density at radius 1 is 1.05 bits per heavy atom. The monoisotopic (exact) mass is 507 g/mol. The van der Waals surface area contributed by atoms with Crippen LogP contribution in [0.1, 0.15) is 12.0 Å². The van der Waals surface area contributed by atoms with Crippen LogP contribution in [0, 0.1) is 5.92 Å². The molecule has 1 unspecified atom stereocenters. The molecule has 1 atom stereocenters. The number of carbonyl (C=O) groups excluding carboxylic acids is 3. The lowest BCUT2D eigenvalue weighted by Crippen LogP contribution is -3.15. The summed E-state index contributed by atoms with van der Waals surface area (Å²) in [5.41, 5.74) is 1.69. The highest BCUT2D eigenvalue weighted by Gasteiger charge is 2.35. The van der Waals surface area contributed by atoms with Crippen LogP contribution in [0.25, 0.3) is 6.08 Å². The smallest absolute Gasteiger partial charge is 0.246 e. The van der Waals surface area contributed by atoms with Crippen molar-refractivity contribution >= 4 is 29.5 Å². The van der Waals surface area contributed by atoms with Gasteiger partial charge in [0.2, 0.25) is 17.7 Å². The quantitative estimate of drug-likeness (QED) is 0.486. The molecule has 2 aliphatic rings. The van der Waals surface area contributed by atoms with Gasteiger partial charge in [0.25, 0.3) is 0 Å². The van der Waals surface area contributed by atoms with Gasteiger partial charge in [-0.2, -0.15) is 0 Å². The highest BCUT2D eigenvalue weighted by Crippen LogP contribution is 2.28. The molecule has 0 radical (unpaired) electrons. The van der Waals surface area contributed by atoms with Crippen LogP contribution in [0.2, 0.25) is 0 Å². The maximum Gasteiger partial charge on any atom is 0.246 e. The van der Waals surface area contributed by atoms with Gasteiger partial charge in [0.15, 0.2) is 11.5 Å². The summed E-state index contributed by atoms with van der Waals surface area (Å²) >= 11 is 0. The van der Waals surface area contributed by atoms with Gasteiger partial charge < -0.3 is 29.5 Å². The predicted molar refractivity (Wildman–Crippen MR) is 141 cm³/mol. The molecule has 2 aromatic rings. The number of piperazine rings is 1. The van der Waals surface area contributed by atoms with E-state index in [1.807, 2.05) is 53.4 Å². The Bertz CT molecular complexity index is 1130. The maximum absolute atomic E-state index is 12.6. The van der Waals surface area contributed by atoms with Gasteiger partial charge in [-0.15, -0.1) is 0 Å². The molecule has 2 saturated heterocycles. The summed E-state index contributed by atoms with van der Waals surface area (Å²) in [6.07, 6.45) is 3.62. The summed E-state index contributed by atoms with van der Waals surface area (Å²) in [6, 6.07) is 15.0. The third kappa shape index (κ3) is 6.68. The van der Waals surface area contributed by atoms with E-state index in [0.29, 0.717) is 37.7 Å². The lowest BCUT2D eigenvalue weighted by atomic mass is 10.1. The van der Waals surface area contributed by atoms with Crippen LogP contribution in [-0.4, -0.2) is 82.7 Å². The molecule has 196 valence electrons. The summed E-state index contributed by atoms with van der Waals surface area (Å²) in [6.45, 7) is 4.75. The van der Waals surface area contributed by atoms with Crippen molar-refractivity contribution in [1.29, 1.82) is 0 Å². The number of anilines is 1. The van der Waals surface area contributed by atoms with Crippen LogP contribution >= 0.6 is 0 Å². The minimum atomic E-state index is -0.324. The molecule has 0 spiro atoms. The Kier molecular flexibility index (Phi) is 8.79. The number of ether oxygens (including phenoxy) is 2. The zero-order valence-electron chi connectivity index (χ0n) is 21.4. The molecule has 2 heterocycles. The minimum Gasteiger partial charge on any atom is -0.493 e. The summed E-state index contributed by atoms with van der Waals surface area (Å²) in [5.74, 6) is 0.838. The van der Waals surface area contributed by atoms with E-state index in [9.17, 15) is 14.4 Å². The summed E-state index contributed by atoms with van der Waals surface area (Å²) < 4.78 is 10.6. The second-order valence-corrected chi connectivity index (χ2v) is 9.31. The number of nitrogens with one attached hydrogen (secondary N) is 2. The molecule has 2 fully saturated rings. The molecule has 4 rings (SSSR count). The van der Waals surface area contributed by atoms with Gasteiger partial charge in [0.1, 0.15) is 0 Å². The van der Waals surface area contributed by atoms with Crippen molar-refractivity contribution in [2.75, 3.05) is 64.9 Å². The molecule has 2 aliphatic heterocycles. The Balaban J connectivity index is 1.17. The number of methoxy groups -OCH3 is 2. The molecule has 2 aromatic carbocycles. The minimum absolute atomic E-state index is 0.0158. The largest absolute Gasteiger partial charge is 0.493 e. The van der Waals surface area contributed by atoms with E-state index in [-0.39, 0.29) is 30.1 Å². The summed E-state index contributed by atoms with van der Waals surface area (Å²) in [7, 11) is 3.17. The average molecular weight is 508 g/mol. The average Bonchev–Trinajstić information content (AvgIpc) is 3.34. The summed E-state index contributed by atoms with van der Waals surface area (Å²) in [5, 5.41) is 3.00. The zero-order valence-corrected chi connectivity index (χ0v) is 21.4. The number of benzene rings is 2. The number of hydrogen-bond acceptors (Lipinski definition) is 5. The van der Waals surface area contributed by atoms with Gasteiger partial charge in [0.05, 0.1) is 59.4 Å². The lowest BCUT2D eigenvalue weighted by molar-refractivity contribution is -0.902. The summed E-state index contributed by atoms with van der Waals surface area (Å²) in [4.78, 5) is 42.5. The van der Waals surface area contributed by atoms with E-state index < -0.39 is 0 Å². The van der Waals surface area contributed by atoms with Gasteiger partial charge >= 0.3 is 0 Å². The first-order valence-corrected chi connectivity index (χ1v) is 12.6. The van der Waals surface area contributed by atoms with E-state index in [0.717, 1.165) is 30.9 Å². The highest BCUT2D eigenvalue weighted by molar-refractivity contribution is 6.00. The van der Waals surface area contributed by atoms with Crippen LogP contribution < -0.4 is 24.6 Å². The zero-order chi connectivity index (χ0) is 26.2. The third-order valence-corrected chi connectivity index (χ3v) is 6.95. The van der Waals surface area contributed by atoms with Crippen molar-refractivity contribution in [1.82, 2.24) is 10.2 Å². The number of amides is 3. The van der Waals surface area contributed by atoms with Crippen LogP contribution in [0.15, 0.2) is 54.6 Å². The lowest BCUT2D eigenvalue weighted by Gasteiger charge is -2.31. The van der Waals surface area contributed by atoms with Crippen LogP contribution in [0.4, 0.5) is 5.69 Å². The first-order chi connectivity index (χ1) is 18.0. The molecule has 3 amide bonds. The predicted octanol–water partition coefficient (Wildman–Crippen LogP) is 0.613. The number of quaternary nitrogens is 1. The fourth-order valence-electron chi connectivity index (χ4n) is 4.77. The van der Waals surface area contributed by atoms with Gasteiger partial charge in [-0.3, -0.25) is 14.4 Å². The van der Waals surface area contributed by atoms with Gasteiger partial charge in [0, 0.05) is 24.7 Å². The first kappa shape index (κ1) is 26.2. The third-order valence-electron chi connectivity index (χ3n) is 6.95. The van der Waals surface area contributed by atoms with E-state index in [4.69, 9.17) is 9.47 Å². The molecular formula is C28H35N4O5+. The van der Waals surface area contributed by atoms with E-state index in [2.05, 4.69) is 5.32 Å². The standard InChI is InChI=1S/C28H34N4O5/c1-36-24-10-8-21(18-25(24)37-2)9-11-26(33)31-16-14-30(15-17-31)13-12-29-28(35)22-19-27(34)32(20-22)23-6-4-3-5-7-23/h3-11,18,22H,12-17,19-20H2,1-2H3,(H,29,35)/p+1. The Morgan fingerprint density at radius 2 is 1.78 bits per heavy atom. The topological polar surface area (TPSA) is 92.6 Å². The number of para-hydroxylation sites is 1. The molecule has 2 N–H and O–H groups in total. The molecule has 0 aliphatic carbocycles. The number of hydrogen-bond donors (Lipinski definition) is 2. The van der Waals surface area contributed by atoms with Gasteiger partial charge in [-0.05, 0) is 35.9 Å². The normalized spacial score (nSPS) is 18.3. The van der Waals surface area contributed by atoms with Crippen molar-refractivity contribution in [3.63, 3.8) is 0 Å². The van der Waals surface area contributed by atoms with Crippen molar-refractivity contribution in [2.24, 2.45) is 5.92 Å². The molecule has 9 heteroatoms. The molecule has 9 nitrogen and oxygen atoms in total. The van der Waals surface area contributed by atoms with Gasteiger partial charge in [-0.25, -0.2) is 0 Å². The Morgan fingerprint density at radius 3 is 2.49 bits per heavy atom. The van der Waals surface area contributed by atoms with Crippen LogP contribution in [-0.2, 0) is 14.4 Å².